The van der Waals surface area contributed by atoms with Gasteiger partial charge in [-0.3, -0.25) is 9.59 Å². The summed E-state index contributed by atoms with van der Waals surface area (Å²) in [5, 5.41) is 3.65. The van der Waals surface area contributed by atoms with Crippen molar-refractivity contribution in [2.24, 2.45) is 0 Å². The summed E-state index contributed by atoms with van der Waals surface area (Å²) in [5.41, 5.74) is 0.989. The van der Waals surface area contributed by atoms with Crippen LogP contribution >= 0.6 is 11.6 Å². The Hall–Kier alpha value is -1.55. The fourth-order valence-corrected chi connectivity index (χ4v) is 2.79. The van der Waals surface area contributed by atoms with E-state index in [2.05, 4.69) is 5.32 Å². The number of piperidine rings is 1. The zero-order valence-electron chi connectivity index (χ0n) is 12.3. The van der Waals surface area contributed by atoms with Crippen LogP contribution in [0.2, 0.25) is 5.02 Å². The Balaban J connectivity index is 1.95. The Labute approximate surface area is 130 Å². The molecule has 1 fully saturated rings. The summed E-state index contributed by atoms with van der Waals surface area (Å²) in [6.45, 7) is 2.84. The number of amides is 2. The smallest absolute Gasteiger partial charge is 0.240 e. The van der Waals surface area contributed by atoms with E-state index in [9.17, 15) is 9.59 Å². The molecule has 0 aromatic heterocycles. The maximum absolute atomic E-state index is 12.1. The summed E-state index contributed by atoms with van der Waals surface area (Å²) >= 11 is 5.99. The number of carbonyl (C=O) groups excluding carboxylic acids is 2. The zero-order valence-corrected chi connectivity index (χ0v) is 13.0. The van der Waals surface area contributed by atoms with Crippen molar-refractivity contribution in [3.63, 3.8) is 0 Å². The number of carbonyl (C=O) groups is 2. The van der Waals surface area contributed by atoms with Gasteiger partial charge in [-0.15, -0.1) is 0 Å². The molecule has 1 saturated heterocycles. The van der Waals surface area contributed by atoms with Crippen LogP contribution in [-0.4, -0.2) is 29.8 Å². The molecule has 0 radical (unpaired) electrons. The monoisotopic (exact) mass is 308 g/mol. The molecular formula is C16H21ClN2O2. The fourth-order valence-electron chi connectivity index (χ4n) is 2.59. The van der Waals surface area contributed by atoms with Gasteiger partial charge in [-0.05, 0) is 37.0 Å². The van der Waals surface area contributed by atoms with Crippen LogP contribution in [0.1, 0.15) is 44.2 Å². The molecular weight excluding hydrogens is 288 g/mol. The number of nitrogens with zero attached hydrogens (tertiary/aromatic N) is 1. The van der Waals surface area contributed by atoms with Gasteiger partial charge in [0.2, 0.25) is 11.8 Å². The summed E-state index contributed by atoms with van der Waals surface area (Å²) in [4.78, 5) is 25.5. The van der Waals surface area contributed by atoms with E-state index in [4.69, 9.17) is 11.6 Å². The lowest BCUT2D eigenvalue weighted by atomic mass is 10.0. The second-order valence-electron chi connectivity index (χ2n) is 5.36. The van der Waals surface area contributed by atoms with Gasteiger partial charge in [-0.25, -0.2) is 0 Å². The van der Waals surface area contributed by atoms with Crippen LogP contribution in [-0.2, 0) is 9.59 Å². The summed E-state index contributed by atoms with van der Waals surface area (Å²) in [5.74, 6) is -0.0377. The van der Waals surface area contributed by atoms with Gasteiger partial charge in [-0.2, -0.15) is 0 Å². The van der Waals surface area contributed by atoms with Gasteiger partial charge < -0.3 is 10.2 Å². The minimum atomic E-state index is -0.114. The molecule has 2 amide bonds. The minimum absolute atomic E-state index is 0.0731. The van der Waals surface area contributed by atoms with Gasteiger partial charge in [0.1, 0.15) is 0 Å². The molecule has 114 valence electrons. The normalized spacial score (nSPS) is 16.7. The Morgan fingerprint density at radius 3 is 2.90 bits per heavy atom. The molecule has 5 heteroatoms. The summed E-state index contributed by atoms with van der Waals surface area (Å²) in [6.07, 6.45) is 3.24. The van der Waals surface area contributed by atoms with Crippen molar-refractivity contribution in [3.05, 3.63) is 34.9 Å². The van der Waals surface area contributed by atoms with E-state index in [-0.39, 0.29) is 24.4 Å². The van der Waals surface area contributed by atoms with Crippen molar-refractivity contribution in [2.75, 3.05) is 13.1 Å². The van der Waals surface area contributed by atoms with E-state index in [0.29, 0.717) is 18.0 Å². The Bertz CT molecular complexity index is 519. The van der Waals surface area contributed by atoms with Crippen LogP contribution in [0.25, 0.3) is 0 Å². The average molecular weight is 309 g/mol. The van der Waals surface area contributed by atoms with Crippen molar-refractivity contribution in [2.45, 2.75) is 38.6 Å². The fraction of sp³-hybridized carbons (Fsp3) is 0.500. The van der Waals surface area contributed by atoms with Gasteiger partial charge in [0.05, 0.1) is 12.6 Å². The zero-order chi connectivity index (χ0) is 15.2. The molecule has 21 heavy (non-hydrogen) atoms. The Kier molecular flexibility index (Phi) is 5.62. The lowest BCUT2D eigenvalue weighted by Crippen LogP contribution is -2.43. The molecule has 2 rings (SSSR count). The molecule has 4 nitrogen and oxygen atoms in total. The highest BCUT2D eigenvalue weighted by Gasteiger charge is 2.21. The van der Waals surface area contributed by atoms with Crippen molar-refractivity contribution in [1.82, 2.24) is 10.2 Å². The second kappa shape index (κ2) is 7.46. The largest absolute Gasteiger partial charge is 0.348 e. The highest BCUT2D eigenvalue weighted by molar-refractivity contribution is 6.30. The molecule has 0 spiro atoms. The predicted molar refractivity (Wildman–Crippen MR) is 83.1 cm³/mol. The van der Waals surface area contributed by atoms with E-state index >= 15 is 0 Å². The van der Waals surface area contributed by atoms with Crippen molar-refractivity contribution in [1.29, 1.82) is 0 Å². The molecule has 1 aliphatic heterocycles. The Morgan fingerprint density at radius 2 is 2.24 bits per heavy atom. The van der Waals surface area contributed by atoms with Gasteiger partial charge >= 0.3 is 0 Å². The van der Waals surface area contributed by atoms with Crippen LogP contribution in [0.4, 0.5) is 0 Å². The van der Waals surface area contributed by atoms with Gasteiger partial charge in [0.15, 0.2) is 0 Å². The number of benzene rings is 1. The van der Waals surface area contributed by atoms with Crippen molar-refractivity contribution < 1.29 is 9.59 Å². The first kappa shape index (κ1) is 15.8. The first-order chi connectivity index (χ1) is 10.1. The predicted octanol–water partition coefficient (Wildman–Crippen LogP) is 2.92. The third kappa shape index (κ3) is 4.46. The van der Waals surface area contributed by atoms with E-state index < -0.39 is 0 Å². The van der Waals surface area contributed by atoms with Crippen LogP contribution in [0.15, 0.2) is 24.3 Å². The van der Waals surface area contributed by atoms with E-state index in [1.807, 2.05) is 31.2 Å². The third-order valence-corrected chi connectivity index (χ3v) is 3.99. The third-order valence-electron chi connectivity index (χ3n) is 3.75. The molecule has 0 bridgehead atoms. The number of halogens is 1. The van der Waals surface area contributed by atoms with Crippen LogP contribution in [0.3, 0.4) is 0 Å². The second-order valence-corrected chi connectivity index (χ2v) is 5.79. The van der Waals surface area contributed by atoms with Crippen molar-refractivity contribution in [3.8, 4) is 0 Å². The van der Waals surface area contributed by atoms with Crippen molar-refractivity contribution >= 4 is 23.4 Å². The number of hydrogen-bond donors (Lipinski definition) is 1. The molecule has 0 aliphatic carbocycles. The number of likely N-dealkylation sites (tertiary alicyclic amines) is 1. The lowest BCUT2D eigenvalue weighted by Gasteiger charge is -2.27. The number of rotatable bonds is 5. The Morgan fingerprint density at radius 1 is 1.43 bits per heavy atom. The summed E-state index contributed by atoms with van der Waals surface area (Å²) < 4.78 is 0. The summed E-state index contributed by atoms with van der Waals surface area (Å²) in [7, 11) is 0. The maximum atomic E-state index is 12.1. The van der Waals surface area contributed by atoms with Gasteiger partial charge in [0, 0.05) is 18.0 Å². The average Bonchev–Trinajstić information content (AvgIpc) is 2.47. The standard InChI is InChI=1S/C16H21ClN2O2/c1-2-14(12-6-5-7-13(17)10-12)18-15(20)11-19-9-4-3-8-16(19)21/h5-7,10,14H,2-4,8-9,11H2,1H3,(H,18,20). The van der Waals surface area contributed by atoms with Crippen LogP contribution < -0.4 is 5.32 Å². The van der Waals surface area contributed by atoms with E-state index in [0.717, 1.165) is 24.8 Å². The highest BCUT2D eigenvalue weighted by atomic mass is 35.5. The molecule has 1 N–H and O–H groups in total. The summed E-state index contributed by atoms with van der Waals surface area (Å²) in [6, 6.07) is 7.43. The molecule has 1 aliphatic rings. The molecule has 1 heterocycles. The van der Waals surface area contributed by atoms with E-state index in [1.165, 1.54) is 0 Å². The molecule has 1 aromatic carbocycles. The first-order valence-corrected chi connectivity index (χ1v) is 7.80. The highest BCUT2D eigenvalue weighted by Crippen LogP contribution is 2.20. The topological polar surface area (TPSA) is 49.4 Å². The molecule has 0 saturated carbocycles. The van der Waals surface area contributed by atoms with Gasteiger partial charge in [-0.1, -0.05) is 30.7 Å². The quantitative estimate of drug-likeness (QED) is 0.909. The molecule has 1 aromatic rings. The van der Waals surface area contributed by atoms with Crippen LogP contribution in [0, 0.1) is 0 Å². The first-order valence-electron chi connectivity index (χ1n) is 7.42. The van der Waals surface area contributed by atoms with E-state index in [1.54, 1.807) is 4.90 Å². The lowest BCUT2D eigenvalue weighted by molar-refractivity contribution is -0.138. The molecule has 1 atom stereocenters. The number of hydrogen-bond acceptors (Lipinski definition) is 2. The maximum Gasteiger partial charge on any atom is 0.240 e. The number of nitrogens with one attached hydrogen (secondary N) is 1. The molecule has 1 unspecified atom stereocenters. The minimum Gasteiger partial charge on any atom is -0.348 e. The SMILES string of the molecule is CCC(NC(=O)CN1CCCCC1=O)c1cccc(Cl)c1. The van der Waals surface area contributed by atoms with Crippen LogP contribution in [0.5, 0.6) is 0 Å². The van der Waals surface area contributed by atoms with Gasteiger partial charge in [0.25, 0.3) is 0 Å².